The van der Waals surface area contributed by atoms with Gasteiger partial charge in [-0.25, -0.2) is 9.97 Å². The van der Waals surface area contributed by atoms with Crippen molar-refractivity contribution >= 4 is 23.8 Å². The van der Waals surface area contributed by atoms with Gasteiger partial charge in [0, 0.05) is 49.9 Å². The van der Waals surface area contributed by atoms with Crippen LogP contribution in [0, 0.1) is 5.41 Å². The summed E-state index contributed by atoms with van der Waals surface area (Å²) in [5.74, 6) is 5.74. The lowest BCUT2D eigenvalue weighted by Gasteiger charge is -2.28. The molecule has 1 aliphatic heterocycles. The number of rotatable bonds is 8. The number of carbonyl (C=O) groups is 1. The highest BCUT2D eigenvalue weighted by atomic mass is 16.5. The number of amides is 1. The fraction of sp³-hybridized carbons (Fsp3) is 0.409. The maximum absolute atomic E-state index is 12.4. The first kappa shape index (κ1) is 20.9. The zero-order chi connectivity index (χ0) is 21.6. The fourth-order valence-corrected chi connectivity index (χ4v) is 4.04. The monoisotopic (exact) mass is 421 g/mol. The predicted octanol–water partition coefficient (Wildman–Crippen LogP) is 1.31. The molecule has 2 aromatic rings. The van der Waals surface area contributed by atoms with E-state index in [9.17, 15) is 4.79 Å². The minimum absolute atomic E-state index is 0.00603. The number of nitrogens with one attached hydrogen (secondary N) is 2. The summed E-state index contributed by atoms with van der Waals surface area (Å²) >= 11 is 0. The fourth-order valence-electron chi connectivity index (χ4n) is 4.04. The summed E-state index contributed by atoms with van der Waals surface area (Å²) in [5, 5.41) is 14.1. The van der Waals surface area contributed by atoms with E-state index in [1.54, 1.807) is 4.90 Å². The van der Waals surface area contributed by atoms with Crippen LogP contribution >= 0.6 is 0 Å². The van der Waals surface area contributed by atoms with E-state index < -0.39 is 0 Å². The number of nitrogens with zero attached hydrogens (tertiary/aromatic N) is 4. The van der Waals surface area contributed by atoms with Crippen molar-refractivity contribution in [3.05, 3.63) is 52.8 Å². The van der Waals surface area contributed by atoms with Gasteiger partial charge in [-0.3, -0.25) is 4.79 Å². The van der Waals surface area contributed by atoms with Crippen LogP contribution in [0.2, 0.25) is 0 Å². The Kier molecular flexibility index (Phi) is 6.51. The molecule has 31 heavy (non-hydrogen) atoms. The molecule has 0 atom stereocenters. The van der Waals surface area contributed by atoms with Gasteiger partial charge in [-0.05, 0) is 24.0 Å². The molecular formula is C22H27N7O2. The van der Waals surface area contributed by atoms with E-state index >= 15 is 0 Å². The van der Waals surface area contributed by atoms with Crippen molar-refractivity contribution in [2.45, 2.75) is 38.3 Å². The highest BCUT2D eigenvalue weighted by Crippen LogP contribution is 2.24. The number of hydrogen-bond donors (Lipinski definition) is 3. The highest BCUT2D eigenvalue weighted by Gasteiger charge is 2.24. The number of anilines is 1. The second-order valence-corrected chi connectivity index (χ2v) is 7.82. The van der Waals surface area contributed by atoms with E-state index in [0.29, 0.717) is 50.2 Å². The first-order valence-corrected chi connectivity index (χ1v) is 10.5. The van der Waals surface area contributed by atoms with E-state index in [2.05, 4.69) is 39.7 Å². The normalized spacial score (nSPS) is 16.0. The van der Waals surface area contributed by atoms with Crippen LogP contribution in [0.25, 0.3) is 0 Å². The number of nitrogens with two attached hydrogens (primary N) is 1. The van der Waals surface area contributed by atoms with Gasteiger partial charge in [0.25, 0.3) is 0 Å². The molecule has 1 aromatic heterocycles. The average molecular weight is 422 g/mol. The first-order chi connectivity index (χ1) is 15.2. The van der Waals surface area contributed by atoms with Crippen LogP contribution in [0.15, 0.2) is 35.6 Å². The van der Waals surface area contributed by atoms with Crippen LogP contribution in [-0.4, -0.2) is 58.5 Å². The van der Waals surface area contributed by atoms with Gasteiger partial charge in [-0.2, -0.15) is 5.10 Å². The van der Waals surface area contributed by atoms with Crippen LogP contribution in [0.5, 0.6) is 0 Å². The first-order valence-electron chi connectivity index (χ1n) is 10.5. The van der Waals surface area contributed by atoms with Gasteiger partial charge in [0.1, 0.15) is 6.61 Å². The molecule has 1 aromatic carbocycles. The third-order valence-electron chi connectivity index (χ3n) is 5.73. The number of carbonyl (C=O) groups excluding carboxylic acids is 1. The number of hydrazone groups is 1. The summed E-state index contributed by atoms with van der Waals surface area (Å²) in [6.07, 6.45) is 5.98. The Morgan fingerprint density at radius 2 is 2.10 bits per heavy atom. The summed E-state index contributed by atoms with van der Waals surface area (Å²) in [6.45, 7) is 1.39. The predicted molar refractivity (Wildman–Crippen MR) is 118 cm³/mol. The summed E-state index contributed by atoms with van der Waals surface area (Å²) < 4.78 is 5.42. The van der Waals surface area contributed by atoms with Gasteiger partial charge in [-0.15, -0.1) is 0 Å². The lowest BCUT2D eigenvalue weighted by atomic mass is 10.1. The highest BCUT2D eigenvalue weighted by molar-refractivity contribution is 6.29. The molecule has 0 spiro atoms. The average Bonchev–Trinajstić information content (AvgIpc) is 3.21. The summed E-state index contributed by atoms with van der Waals surface area (Å²) in [7, 11) is 0. The maximum atomic E-state index is 12.4. The Morgan fingerprint density at radius 1 is 1.32 bits per heavy atom. The van der Waals surface area contributed by atoms with E-state index in [1.165, 1.54) is 11.1 Å². The summed E-state index contributed by atoms with van der Waals surface area (Å²) in [6, 6.07) is 8.83. The molecule has 0 unspecified atom stereocenters. The minimum Gasteiger partial charge on any atom is -0.371 e. The lowest BCUT2D eigenvalue weighted by Crippen LogP contribution is -2.39. The Labute approximate surface area is 181 Å². The van der Waals surface area contributed by atoms with E-state index in [1.807, 2.05) is 6.20 Å². The number of hydrogen-bond acceptors (Lipinski definition) is 8. The molecule has 0 fully saturated rings. The summed E-state index contributed by atoms with van der Waals surface area (Å²) in [4.78, 5) is 23.4. The van der Waals surface area contributed by atoms with Crippen molar-refractivity contribution in [3.8, 4) is 0 Å². The molecule has 9 heteroatoms. The van der Waals surface area contributed by atoms with Crippen molar-refractivity contribution in [2.75, 3.05) is 25.1 Å². The molecule has 4 rings (SSSR count). The Bertz CT molecular complexity index is 967. The Balaban J connectivity index is 1.27. The molecule has 0 saturated heterocycles. The summed E-state index contributed by atoms with van der Waals surface area (Å²) in [5.41, 5.74) is 5.17. The van der Waals surface area contributed by atoms with Crippen LogP contribution in [-0.2, 0) is 35.3 Å². The van der Waals surface area contributed by atoms with Crippen LogP contribution in [0.4, 0.5) is 5.95 Å². The smallest absolute Gasteiger partial charge is 0.248 e. The van der Waals surface area contributed by atoms with E-state index in [-0.39, 0.29) is 12.5 Å². The number of fused-ring (bicyclic) bond motifs is 2. The van der Waals surface area contributed by atoms with Gasteiger partial charge < -0.3 is 26.2 Å². The SMILES string of the molecule is N=CC(CCOCC(=O)N1CCc2nc(NC3Cc4ccccc4C3)ncc2C1)=NN. The molecule has 1 aliphatic carbocycles. The number of ether oxygens (including phenoxy) is 1. The lowest BCUT2D eigenvalue weighted by molar-refractivity contribution is -0.137. The maximum Gasteiger partial charge on any atom is 0.248 e. The topological polar surface area (TPSA) is 130 Å². The molecule has 2 heterocycles. The van der Waals surface area contributed by atoms with Crippen LogP contribution in [0.1, 0.15) is 28.8 Å². The molecule has 4 N–H and O–H groups in total. The van der Waals surface area contributed by atoms with E-state index in [0.717, 1.165) is 30.3 Å². The molecule has 0 bridgehead atoms. The van der Waals surface area contributed by atoms with Gasteiger partial charge in [0.2, 0.25) is 11.9 Å². The van der Waals surface area contributed by atoms with Crippen molar-refractivity contribution in [1.82, 2.24) is 14.9 Å². The minimum atomic E-state index is -0.0716. The zero-order valence-corrected chi connectivity index (χ0v) is 17.4. The zero-order valence-electron chi connectivity index (χ0n) is 17.4. The van der Waals surface area contributed by atoms with Gasteiger partial charge >= 0.3 is 0 Å². The van der Waals surface area contributed by atoms with Crippen molar-refractivity contribution in [1.29, 1.82) is 5.41 Å². The molecule has 0 radical (unpaired) electrons. The number of aromatic nitrogens is 2. The Hall–Kier alpha value is -3.33. The van der Waals surface area contributed by atoms with E-state index in [4.69, 9.17) is 21.0 Å². The number of benzene rings is 1. The molecule has 162 valence electrons. The Morgan fingerprint density at radius 3 is 2.81 bits per heavy atom. The molecular weight excluding hydrogens is 394 g/mol. The van der Waals surface area contributed by atoms with Crippen LogP contribution in [0.3, 0.4) is 0 Å². The standard InChI is InChI=1S/C22H27N7O2/c23-11-18(28-24)6-8-31-14-21(30)29-7-5-20-17(13-29)12-25-22(27-20)26-19-9-15-3-1-2-4-16(15)10-19/h1-4,11-12,19,23H,5-10,13-14,24H2,(H,25,26,27). The van der Waals surface area contributed by atoms with Crippen molar-refractivity contribution in [2.24, 2.45) is 10.9 Å². The quantitative estimate of drug-likeness (QED) is 0.255. The largest absolute Gasteiger partial charge is 0.371 e. The van der Waals surface area contributed by atoms with Crippen molar-refractivity contribution in [3.63, 3.8) is 0 Å². The van der Waals surface area contributed by atoms with Crippen molar-refractivity contribution < 1.29 is 9.53 Å². The third kappa shape index (κ3) is 5.05. The molecule has 9 nitrogen and oxygen atoms in total. The van der Waals surface area contributed by atoms with Gasteiger partial charge in [0.15, 0.2) is 0 Å². The second kappa shape index (κ2) is 9.65. The van der Waals surface area contributed by atoms with Gasteiger partial charge in [-0.1, -0.05) is 24.3 Å². The molecule has 1 amide bonds. The second-order valence-electron chi connectivity index (χ2n) is 7.82. The van der Waals surface area contributed by atoms with Gasteiger partial charge in [0.05, 0.1) is 18.0 Å². The van der Waals surface area contributed by atoms with Crippen LogP contribution < -0.4 is 11.2 Å². The molecule has 0 saturated carbocycles. The molecule has 2 aliphatic rings. The third-order valence-corrected chi connectivity index (χ3v) is 5.73.